The van der Waals surface area contributed by atoms with E-state index in [4.69, 9.17) is 0 Å². The molecule has 0 N–H and O–H groups in total. The van der Waals surface area contributed by atoms with Crippen LogP contribution < -0.4 is 0 Å². The minimum atomic E-state index is 0. The molecule has 0 saturated heterocycles. The fraction of sp³-hybridized carbons (Fsp3) is 0. The molecule has 0 aromatic rings. The van der Waals surface area contributed by atoms with Crippen LogP contribution in [0.5, 0.6) is 0 Å². The quantitative estimate of drug-likeness (QED) is 0.586. The molecule has 6 heteroatoms. The second kappa shape index (κ2) is 73.3. The van der Waals surface area contributed by atoms with Crippen LogP contribution in [0.15, 0.2) is 0 Å². The molecule has 0 amide bonds. The Balaban J connectivity index is 0. The Morgan fingerprint density at radius 2 is 0.167 bits per heavy atom. The summed E-state index contributed by atoms with van der Waals surface area (Å²) in [6, 6.07) is 0. The summed E-state index contributed by atoms with van der Waals surface area (Å²) < 4.78 is 0. The first-order valence-electron chi connectivity index (χ1n) is 0. The van der Waals surface area contributed by atoms with E-state index < -0.39 is 0 Å². The summed E-state index contributed by atoms with van der Waals surface area (Å²) in [5.74, 6) is 0. The smallest absolute Gasteiger partial charge is 0.147 e. The zero-order valence-electron chi connectivity index (χ0n) is 2.45. The van der Waals surface area contributed by atoms with E-state index in [1.807, 2.05) is 0 Å². The number of rotatable bonds is 0. The molecule has 0 aromatic heterocycles. The van der Waals surface area contributed by atoms with Gasteiger partial charge < -0.3 is 0 Å². The van der Waals surface area contributed by atoms with E-state index in [-0.39, 0.29) is 74.4 Å². The molecule has 0 aromatic carbocycles. The van der Waals surface area contributed by atoms with Gasteiger partial charge in [-0.15, -0.1) is 74.4 Å². The zero-order valence-corrected chi connectivity index (χ0v) is 7.35. The van der Waals surface area contributed by atoms with Gasteiger partial charge in [0.15, 0.2) is 0 Å². The Bertz CT molecular complexity index is 0. The summed E-state index contributed by atoms with van der Waals surface area (Å²) in [5.41, 5.74) is 0. The van der Waals surface area contributed by atoms with Crippen molar-refractivity contribution in [1.82, 2.24) is 0 Å². The minimum absolute atomic E-state index is 0. The SMILES string of the molecule is Cl.Cl.Cl.Cl.Cl.Cl. The molecule has 0 aliphatic carbocycles. The third-order valence-electron chi connectivity index (χ3n) is 0. The fourth-order valence-electron chi connectivity index (χ4n) is 0. The molecule has 0 saturated carbocycles. The van der Waals surface area contributed by atoms with Crippen molar-refractivity contribution in [2.75, 3.05) is 0 Å². The highest BCUT2D eigenvalue weighted by molar-refractivity contribution is 5.86. The highest BCUT2D eigenvalue weighted by Gasteiger charge is -0.142. The van der Waals surface area contributed by atoms with Crippen molar-refractivity contribution in [3.8, 4) is 0 Å². The van der Waals surface area contributed by atoms with E-state index in [1.54, 1.807) is 0 Å². The highest BCUT2D eigenvalue weighted by atomic mass is 35.5. The van der Waals surface area contributed by atoms with Crippen LogP contribution in [0.2, 0.25) is 0 Å². The molecule has 0 rings (SSSR count). The molecule has 0 nitrogen and oxygen atoms in total. The van der Waals surface area contributed by atoms with Gasteiger partial charge in [0.25, 0.3) is 0 Å². The molecule has 0 bridgehead atoms. The summed E-state index contributed by atoms with van der Waals surface area (Å²) in [7, 11) is 0. The maximum atomic E-state index is 0. The molecule has 0 aliphatic heterocycles. The molecular formula is H6Cl6. The van der Waals surface area contributed by atoms with Crippen molar-refractivity contribution in [3.63, 3.8) is 0 Å². The molecule has 48 valence electrons. The van der Waals surface area contributed by atoms with Gasteiger partial charge in [0.05, 0.1) is 0 Å². The number of halogens is 6. The van der Waals surface area contributed by atoms with Gasteiger partial charge in [-0.25, -0.2) is 0 Å². The largest absolute Gasteiger partial charge is 0.147 e. The number of hydrogen-bond acceptors (Lipinski definition) is 0. The van der Waals surface area contributed by atoms with E-state index in [0.29, 0.717) is 0 Å². The third kappa shape index (κ3) is 42.6. The van der Waals surface area contributed by atoms with Gasteiger partial charge in [-0.1, -0.05) is 0 Å². The summed E-state index contributed by atoms with van der Waals surface area (Å²) in [6.07, 6.45) is 0. The predicted octanol–water partition coefficient (Wildman–Crippen LogP) is 2.53. The lowest BCUT2D eigenvalue weighted by molar-refractivity contribution is 5.85. The first-order chi connectivity index (χ1) is 0. The molecular weight excluding hydrogens is 213 g/mol. The van der Waals surface area contributed by atoms with Crippen LogP contribution in [0, 0.1) is 0 Å². The zero-order chi connectivity index (χ0) is 0. The Kier molecular flexibility index (Phi) is 1420. The van der Waals surface area contributed by atoms with E-state index in [1.165, 1.54) is 0 Å². The third-order valence-corrected chi connectivity index (χ3v) is 0. The average Bonchev–Trinajstić information content (AvgIpc) is 0. The standard InChI is InChI=1S/6ClH/h6*1H. The van der Waals surface area contributed by atoms with Crippen LogP contribution in [-0.2, 0) is 0 Å². The Labute approximate surface area is 74.3 Å². The van der Waals surface area contributed by atoms with Crippen LogP contribution in [0.4, 0.5) is 0 Å². The van der Waals surface area contributed by atoms with E-state index >= 15 is 0 Å². The van der Waals surface area contributed by atoms with Gasteiger partial charge in [0.2, 0.25) is 0 Å². The summed E-state index contributed by atoms with van der Waals surface area (Å²) in [4.78, 5) is 0. The summed E-state index contributed by atoms with van der Waals surface area (Å²) >= 11 is 0. The maximum Gasteiger partial charge on any atom is -0.147 e. The summed E-state index contributed by atoms with van der Waals surface area (Å²) in [6.45, 7) is 0. The minimum Gasteiger partial charge on any atom is -0.147 e. The fourth-order valence-corrected chi connectivity index (χ4v) is 0. The Morgan fingerprint density at radius 3 is 0.167 bits per heavy atom. The van der Waals surface area contributed by atoms with Crippen molar-refractivity contribution in [2.24, 2.45) is 0 Å². The van der Waals surface area contributed by atoms with Crippen LogP contribution in [-0.4, -0.2) is 0 Å². The Morgan fingerprint density at radius 1 is 0.167 bits per heavy atom. The van der Waals surface area contributed by atoms with Gasteiger partial charge in [-0.3, -0.25) is 0 Å². The second-order valence-corrected chi connectivity index (χ2v) is 0. The number of hydrogen-bond donors (Lipinski definition) is 0. The maximum absolute atomic E-state index is 0. The molecule has 0 aliphatic rings. The van der Waals surface area contributed by atoms with Crippen LogP contribution in [0.3, 0.4) is 0 Å². The van der Waals surface area contributed by atoms with Gasteiger partial charge in [-0.2, -0.15) is 0 Å². The normalized spacial score (nSPS) is 0. The molecule has 0 spiro atoms. The molecule has 0 unspecified atom stereocenters. The van der Waals surface area contributed by atoms with Crippen molar-refractivity contribution >= 4 is 74.4 Å². The van der Waals surface area contributed by atoms with Gasteiger partial charge in [-0.05, 0) is 0 Å². The summed E-state index contributed by atoms with van der Waals surface area (Å²) in [5, 5.41) is 0. The Hall–Kier alpha value is 1.74. The van der Waals surface area contributed by atoms with E-state index in [0.717, 1.165) is 0 Å². The highest BCUT2D eigenvalue weighted by Crippen LogP contribution is 0.695. The first-order valence-corrected chi connectivity index (χ1v) is 0. The van der Waals surface area contributed by atoms with Crippen LogP contribution >= 0.6 is 74.4 Å². The predicted molar refractivity (Wildman–Crippen MR) is 43.5 cm³/mol. The van der Waals surface area contributed by atoms with Crippen molar-refractivity contribution in [3.05, 3.63) is 0 Å². The molecule has 6 heavy (non-hydrogen) atoms. The second-order valence-electron chi connectivity index (χ2n) is 0. The molecule has 0 radical (unpaired) electrons. The van der Waals surface area contributed by atoms with Crippen molar-refractivity contribution in [2.45, 2.75) is 0 Å². The van der Waals surface area contributed by atoms with Gasteiger partial charge in [0, 0.05) is 0 Å². The topological polar surface area (TPSA) is 0 Å². The van der Waals surface area contributed by atoms with Crippen LogP contribution in [0.25, 0.3) is 0 Å². The molecule has 0 fully saturated rings. The molecule has 0 heterocycles. The van der Waals surface area contributed by atoms with Crippen molar-refractivity contribution in [1.29, 1.82) is 0 Å². The van der Waals surface area contributed by atoms with E-state index in [2.05, 4.69) is 0 Å². The lowest BCUT2D eigenvalue weighted by Gasteiger charge is -0.148. The lowest BCUT2D eigenvalue weighted by Crippen LogP contribution is 0.688. The van der Waals surface area contributed by atoms with Gasteiger partial charge >= 0.3 is 0 Å². The lowest BCUT2D eigenvalue weighted by atomic mass is 35.5. The van der Waals surface area contributed by atoms with E-state index in [9.17, 15) is 0 Å². The average molecular weight is 219 g/mol. The van der Waals surface area contributed by atoms with Gasteiger partial charge in [0.1, 0.15) is 0 Å². The monoisotopic (exact) mass is 216 g/mol. The first kappa shape index (κ1) is 116. The molecule has 0 atom stereocenters. The van der Waals surface area contributed by atoms with Crippen molar-refractivity contribution < 1.29 is 0 Å². The van der Waals surface area contributed by atoms with Crippen LogP contribution in [0.1, 0.15) is 0 Å².